The van der Waals surface area contributed by atoms with Crippen LogP contribution in [0.4, 0.5) is 5.69 Å². The van der Waals surface area contributed by atoms with E-state index in [9.17, 15) is 13.2 Å². The number of benzene rings is 4. The van der Waals surface area contributed by atoms with Gasteiger partial charge in [-0.1, -0.05) is 60.7 Å². The molecule has 7 nitrogen and oxygen atoms in total. The molecule has 0 bridgehead atoms. The standard InChI is InChI=1S/C30H28N4O3S/c31-22-24-12-10-23(11-13-24)20-29(30(35)34-18-16-33(17-19-34)27-8-2-1-3-9-27)32-38(36,37)28-15-14-25-6-4-5-7-26(25)21-28/h1-15,21,29,32H,16-20H2/t29-/m0/s1. The second kappa shape index (κ2) is 11.1. The fourth-order valence-electron chi connectivity index (χ4n) is 4.76. The predicted octanol–water partition coefficient (Wildman–Crippen LogP) is 3.95. The molecule has 0 aromatic heterocycles. The number of carbonyl (C=O) groups is 1. The van der Waals surface area contributed by atoms with Gasteiger partial charge in [0.1, 0.15) is 6.04 Å². The summed E-state index contributed by atoms with van der Waals surface area (Å²) >= 11 is 0. The average Bonchev–Trinajstić information content (AvgIpc) is 2.97. The van der Waals surface area contributed by atoms with Crippen LogP contribution in [-0.2, 0) is 21.2 Å². The summed E-state index contributed by atoms with van der Waals surface area (Å²) < 4.78 is 29.6. The van der Waals surface area contributed by atoms with E-state index in [-0.39, 0.29) is 17.2 Å². The lowest BCUT2D eigenvalue weighted by molar-refractivity contribution is -0.133. The molecule has 1 atom stereocenters. The molecule has 8 heteroatoms. The van der Waals surface area contributed by atoms with Gasteiger partial charge < -0.3 is 9.80 Å². The van der Waals surface area contributed by atoms with Crippen molar-refractivity contribution >= 4 is 32.4 Å². The molecular weight excluding hydrogens is 496 g/mol. The number of hydrogen-bond donors (Lipinski definition) is 1. The second-order valence-electron chi connectivity index (χ2n) is 9.34. The van der Waals surface area contributed by atoms with Crippen LogP contribution in [0.5, 0.6) is 0 Å². The summed E-state index contributed by atoms with van der Waals surface area (Å²) in [5, 5.41) is 10.9. The Bertz CT molecular complexity index is 1570. The lowest BCUT2D eigenvalue weighted by atomic mass is 10.0. The number of sulfonamides is 1. The Kier molecular flexibility index (Phi) is 7.40. The molecule has 1 aliphatic heterocycles. The van der Waals surface area contributed by atoms with Crippen LogP contribution >= 0.6 is 0 Å². The number of hydrogen-bond acceptors (Lipinski definition) is 5. The molecular formula is C30H28N4O3S. The minimum absolute atomic E-state index is 0.114. The smallest absolute Gasteiger partial charge is 0.241 e. The molecule has 1 aliphatic rings. The zero-order valence-electron chi connectivity index (χ0n) is 20.8. The minimum Gasteiger partial charge on any atom is -0.368 e. The Morgan fingerprint density at radius 3 is 2.18 bits per heavy atom. The third kappa shape index (κ3) is 5.70. The van der Waals surface area contributed by atoms with Gasteiger partial charge in [0.2, 0.25) is 15.9 Å². The summed E-state index contributed by atoms with van der Waals surface area (Å²) in [4.78, 5) is 17.8. The van der Waals surface area contributed by atoms with Gasteiger partial charge in [-0.05, 0) is 59.2 Å². The molecule has 0 spiro atoms. The SMILES string of the molecule is N#Cc1ccc(C[C@H](NS(=O)(=O)c2ccc3ccccc3c2)C(=O)N2CCN(c3ccccc3)CC2)cc1. The molecule has 1 amide bonds. The largest absolute Gasteiger partial charge is 0.368 e. The Hall–Kier alpha value is -4.19. The van der Waals surface area contributed by atoms with Crippen molar-refractivity contribution in [3.05, 3.63) is 108 Å². The summed E-state index contributed by atoms with van der Waals surface area (Å²) in [5.74, 6) is -0.258. The summed E-state index contributed by atoms with van der Waals surface area (Å²) in [6.45, 7) is 2.32. The molecule has 0 aliphatic carbocycles. The maximum atomic E-state index is 13.7. The van der Waals surface area contributed by atoms with Gasteiger partial charge in [0.15, 0.2) is 0 Å². The van der Waals surface area contributed by atoms with Crippen molar-refractivity contribution in [3.8, 4) is 6.07 Å². The van der Waals surface area contributed by atoms with Gasteiger partial charge in [0.25, 0.3) is 0 Å². The van der Waals surface area contributed by atoms with E-state index in [2.05, 4.69) is 15.7 Å². The molecule has 5 rings (SSSR count). The van der Waals surface area contributed by atoms with Gasteiger partial charge in [-0.25, -0.2) is 8.42 Å². The summed E-state index contributed by atoms with van der Waals surface area (Å²) in [6.07, 6.45) is 0.177. The van der Waals surface area contributed by atoms with E-state index in [1.807, 2.05) is 54.6 Å². The Balaban J connectivity index is 1.37. The molecule has 1 saturated heterocycles. The summed E-state index contributed by atoms with van der Waals surface area (Å²) in [6, 6.07) is 30.5. The van der Waals surface area contributed by atoms with E-state index in [1.54, 1.807) is 47.4 Å². The van der Waals surface area contributed by atoms with Gasteiger partial charge in [-0.15, -0.1) is 0 Å². The summed E-state index contributed by atoms with van der Waals surface area (Å²) in [7, 11) is -3.98. The highest BCUT2D eigenvalue weighted by atomic mass is 32.2. The molecule has 38 heavy (non-hydrogen) atoms. The van der Waals surface area contributed by atoms with Crippen molar-refractivity contribution < 1.29 is 13.2 Å². The topological polar surface area (TPSA) is 93.5 Å². The maximum absolute atomic E-state index is 13.7. The van der Waals surface area contributed by atoms with Crippen molar-refractivity contribution in [2.75, 3.05) is 31.1 Å². The number of rotatable bonds is 7. The van der Waals surface area contributed by atoms with Gasteiger partial charge in [-0.3, -0.25) is 4.79 Å². The van der Waals surface area contributed by atoms with E-state index in [0.29, 0.717) is 31.7 Å². The lowest BCUT2D eigenvalue weighted by Crippen LogP contribution is -2.55. The van der Waals surface area contributed by atoms with E-state index in [0.717, 1.165) is 22.0 Å². The Labute approximate surface area is 223 Å². The Morgan fingerprint density at radius 2 is 1.50 bits per heavy atom. The number of nitrogens with zero attached hydrogens (tertiary/aromatic N) is 3. The third-order valence-electron chi connectivity index (χ3n) is 6.86. The van der Waals surface area contributed by atoms with Crippen molar-refractivity contribution in [1.82, 2.24) is 9.62 Å². The number of para-hydroxylation sites is 1. The number of piperazine rings is 1. The third-order valence-corrected chi connectivity index (χ3v) is 8.33. The van der Waals surface area contributed by atoms with E-state index >= 15 is 0 Å². The van der Waals surface area contributed by atoms with E-state index in [4.69, 9.17) is 5.26 Å². The first kappa shape index (κ1) is 25.5. The molecule has 1 N–H and O–H groups in total. The summed E-state index contributed by atoms with van der Waals surface area (Å²) in [5.41, 5.74) is 2.38. The fourth-order valence-corrected chi connectivity index (χ4v) is 5.99. The molecule has 4 aromatic rings. The van der Waals surface area contributed by atoms with Crippen molar-refractivity contribution in [3.63, 3.8) is 0 Å². The fraction of sp³-hybridized carbons (Fsp3) is 0.200. The van der Waals surface area contributed by atoms with Crippen LogP contribution < -0.4 is 9.62 Å². The first-order chi connectivity index (χ1) is 18.4. The first-order valence-electron chi connectivity index (χ1n) is 12.5. The number of carbonyl (C=O) groups excluding carboxylic acids is 1. The van der Waals surface area contributed by atoms with E-state index in [1.165, 1.54) is 0 Å². The zero-order chi connectivity index (χ0) is 26.5. The molecule has 0 unspecified atom stereocenters. The van der Waals surface area contributed by atoms with Crippen molar-refractivity contribution in [1.29, 1.82) is 5.26 Å². The molecule has 1 fully saturated rings. The second-order valence-corrected chi connectivity index (χ2v) is 11.1. The van der Waals surface area contributed by atoms with Crippen LogP contribution in [0.2, 0.25) is 0 Å². The van der Waals surface area contributed by atoms with Gasteiger partial charge >= 0.3 is 0 Å². The normalized spacial score (nSPS) is 14.7. The van der Waals surface area contributed by atoms with Gasteiger partial charge in [0, 0.05) is 31.9 Å². The molecule has 0 radical (unpaired) electrons. The van der Waals surface area contributed by atoms with Crippen LogP contribution in [0.15, 0.2) is 102 Å². The van der Waals surface area contributed by atoms with Crippen molar-refractivity contribution in [2.45, 2.75) is 17.4 Å². The maximum Gasteiger partial charge on any atom is 0.241 e. The number of nitrogens with one attached hydrogen (secondary N) is 1. The molecule has 192 valence electrons. The lowest BCUT2D eigenvalue weighted by Gasteiger charge is -2.37. The monoisotopic (exact) mass is 524 g/mol. The number of fused-ring (bicyclic) bond motifs is 1. The van der Waals surface area contributed by atoms with Crippen molar-refractivity contribution in [2.24, 2.45) is 0 Å². The van der Waals surface area contributed by atoms with Crippen LogP contribution in [-0.4, -0.2) is 51.4 Å². The van der Waals surface area contributed by atoms with Crippen LogP contribution in [0.25, 0.3) is 10.8 Å². The molecule has 1 heterocycles. The molecule has 4 aromatic carbocycles. The van der Waals surface area contributed by atoms with Gasteiger partial charge in [0.05, 0.1) is 16.5 Å². The quantitative estimate of drug-likeness (QED) is 0.395. The Morgan fingerprint density at radius 1 is 0.842 bits per heavy atom. The van der Waals surface area contributed by atoms with Gasteiger partial charge in [-0.2, -0.15) is 9.98 Å². The van der Waals surface area contributed by atoms with E-state index < -0.39 is 16.1 Å². The minimum atomic E-state index is -3.98. The highest BCUT2D eigenvalue weighted by Gasteiger charge is 2.31. The highest BCUT2D eigenvalue weighted by Crippen LogP contribution is 2.21. The number of nitriles is 1. The van der Waals surface area contributed by atoms with Crippen LogP contribution in [0.1, 0.15) is 11.1 Å². The first-order valence-corrected chi connectivity index (χ1v) is 14.0. The average molecular weight is 525 g/mol. The predicted molar refractivity (Wildman–Crippen MR) is 148 cm³/mol. The van der Waals surface area contributed by atoms with Crippen LogP contribution in [0.3, 0.4) is 0 Å². The highest BCUT2D eigenvalue weighted by molar-refractivity contribution is 7.89. The zero-order valence-corrected chi connectivity index (χ0v) is 21.6. The number of amides is 1. The molecule has 0 saturated carbocycles. The van der Waals surface area contributed by atoms with Crippen LogP contribution in [0, 0.1) is 11.3 Å². The number of anilines is 1.